The Kier molecular flexibility index (Phi) is 5.55. The summed E-state index contributed by atoms with van der Waals surface area (Å²) in [6.45, 7) is -1.51. The smallest absolute Gasteiger partial charge is 0.370 e. The fourth-order valence-corrected chi connectivity index (χ4v) is 1.78. The number of nitrogens with two attached hydrogens (primary N) is 1. The van der Waals surface area contributed by atoms with Gasteiger partial charge in [0.15, 0.2) is 0 Å². The van der Waals surface area contributed by atoms with Gasteiger partial charge in [0.2, 0.25) is 0 Å². The number of hydrogen-bond acceptors (Lipinski definition) is 2. The summed E-state index contributed by atoms with van der Waals surface area (Å²) in [5, 5.41) is 0. The van der Waals surface area contributed by atoms with Crippen LogP contribution in [0.15, 0.2) is 22.7 Å². The highest BCUT2D eigenvalue weighted by Crippen LogP contribution is 2.18. The molecule has 0 aliphatic rings. The quantitative estimate of drug-likeness (QED) is 0.843. The van der Waals surface area contributed by atoms with Gasteiger partial charge in [-0.1, -0.05) is 6.07 Å². The Bertz CT molecular complexity index is 397. The van der Waals surface area contributed by atoms with Gasteiger partial charge < -0.3 is 10.5 Å². The Hall–Kier alpha value is -0.660. The van der Waals surface area contributed by atoms with E-state index >= 15 is 0 Å². The lowest BCUT2D eigenvalue weighted by atomic mass is 10.1. The van der Waals surface area contributed by atoms with Crippen LogP contribution >= 0.6 is 15.9 Å². The second-order valence-electron chi connectivity index (χ2n) is 3.84. The molecule has 1 aromatic rings. The Labute approximate surface area is 110 Å². The van der Waals surface area contributed by atoms with E-state index in [1.54, 1.807) is 6.07 Å². The lowest BCUT2D eigenvalue weighted by Crippen LogP contribution is -2.31. The maximum atomic E-state index is 12.9. The highest BCUT2D eigenvalue weighted by atomic mass is 79.9. The molecule has 0 saturated heterocycles. The number of benzene rings is 1. The molecular weight excluding hydrogens is 318 g/mol. The van der Waals surface area contributed by atoms with Crippen LogP contribution < -0.4 is 5.73 Å². The fourth-order valence-electron chi connectivity index (χ4n) is 1.35. The first-order chi connectivity index (χ1) is 8.28. The Balaban J connectivity index is 2.40. The minimum Gasteiger partial charge on any atom is -0.370 e. The maximum absolute atomic E-state index is 12.9. The molecule has 18 heavy (non-hydrogen) atoms. The zero-order valence-electron chi connectivity index (χ0n) is 9.31. The normalized spacial score (nSPS) is 13.7. The van der Waals surface area contributed by atoms with Crippen LogP contribution in [0.1, 0.15) is 5.56 Å². The van der Waals surface area contributed by atoms with Crippen LogP contribution in [0, 0.1) is 5.82 Å². The van der Waals surface area contributed by atoms with E-state index in [4.69, 9.17) is 5.73 Å². The van der Waals surface area contributed by atoms with Gasteiger partial charge in [-0.15, -0.1) is 0 Å². The number of halogens is 5. The number of alkyl halides is 3. The van der Waals surface area contributed by atoms with Gasteiger partial charge >= 0.3 is 6.18 Å². The van der Waals surface area contributed by atoms with Gasteiger partial charge in [-0.3, -0.25) is 0 Å². The van der Waals surface area contributed by atoms with Gasteiger partial charge in [-0.2, -0.15) is 13.2 Å². The average Bonchev–Trinajstić information content (AvgIpc) is 2.21. The first-order valence-electron chi connectivity index (χ1n) is 5.12. The Morgan fingerprint density at radius 3 is 2.56 bits per heavy atom. The van der Waals surface area contributed by atoms with Gasteiger partial charge in [0, 0.05) is 6.04 Å². The van der Waals surface area contributed by atoms with E-state index in [0.717, 1.165) is 5.56 Å². The van der Waals surface area contributed by atoms with Crippen molar-refractivity contribution < 1.29 is 22.3 Å². The minimum absolute atomic E-state index is 0.200. The zero-order chi connectivity index (χ0) is 13.8. The minimum atomic E-state index is -4.35. The van der Waals surface area contributed by atoms with Crippen molar-refractivity contribution in [2.75, 3.05) is 13.2 Å². The molecule has 102 valence electrons. The molecule has 0 aliphatic heterocycles. The molecule has 0 heterocycles. The van der Waals surface area contributed by atoms with Crippen molar-refractivity contribution in [3.63, 3.8) is 0 Å². The number of ether oxygens (including phenoxy) is 1. The van der Waals surface area contributed by atoms with Crippen LogP contribution in [0.2, 0.25) is 0 Å². The van der Waals surface area contributed by atoms with Gasteiger partial charge in [-0.25, -0.2) is 4.39 Å². The van der Waals surface area contributed by atoms with Crippen LogP contribution in [0.25, 0.3) is 0 Å². The van der Waals surface area contributed by atoms with Crippen molar-refractivity contribution in [2.45, 2.75) is 18.6 Å². The number of rotatable bonds is 5. The second kappa shape index (κ2) is 6.49. The second-order valence-corrected chi connectivity index (χ2v) is 4.70. The molecular formula is C11H12BrF4NO. The van der Waals surface area contributed by atoms with E-state index < -0.39 is 24.6 Å². The maximum Gasteiger partial charge on any atom is 0.411 e. The SMILES string of the molecule is NC(COCC(F)(F)F)Cc1ccc(F)c(Br)c1. The van der Waals surface area contributed by atoms with Crippen molar-refractivity contribution in [3.05, 3.63) is 34.1 Å². The van der Waals surface area contributed by atoms with Gasteiger partial charge in [0.1, 0.15) is 12.4 Å². The molecule has 0 fully saturated rings. The summed E-state index contributed by atoms with van der Waals surface area (Å²) in [5.74, 6) is -0.402. The third-order valence-corrected chi connectivity index (χ3v) is 2.69. The highest BCUT2D eigenvalue weighted by molar-refractivity contribution is 9.10. The van der Waals surface area contributed by atoms with Gasteiger partial charge in [0.25, 0.3) is 0 Å². The van der Waals surface area contributed by atoms with Crippen LogP contribution in [0.3, 0.4) is 0 Å². The molecule has 2 nitrogen and oxygen atoms in total. The molecule has 0 amide bonds. The Morgan fingerprint density at radius 1 is 1.33 bits per heavy atom. The molecule has 0 aromatic heterocycles. The lowest BCUT2D eigenvalue weighted by Gasteiger charge is -2.13. The van der Waals surface area contributed by atoms with Crippen molar-refractivity contribution in [1.82, 2.24) is 0 Å². The average molecular weight is 330 g/mol. The van der Waals surface area contributed by atoms with Crippen molar-refractivity contribution in [3.8, 4) is 0 Å². The molecule has 0 radical (unpaired) electrons. The van der Waals surface area contributed by atoms with Crippen LogP contribution in [-0.2, 0) is 11.2 Å². The first kappa shape index (κ1) is 15.4. The summed E-state index contributed by atoms with van der Waals surface area (Å²) in [5.41, 5.74) is 6.35. The van der Waals surface area contributed by atoms with E-state index in [1.807, 2.05) is 0 Å². The lowest BCUT2D eigenvalue weighted by molar-refractivity contribution is -0.174. The largest absolute Gasteiger partial charge is 0.411 e. The van der Waals surface area contributed by atoms with Crippen molar-refractivity contribution >= 4 is 15.9 Å². The first-order valence-corrected chi connectivity index (χ1v) is 5.91. The molecule has 1 unspecified atom stereocenters. The predicted octanol–water partition coefficient (Wildman–Crippen LogP) is 3.04. The summed E-state index contributed by atoms with van der Waals surface area (Å²) in [6.07, 6.45) is -4.03. The molecule has 1 aromatic carbocycles. The summed E-state index contributed by atoms with van der Waals surface area (Å²) in [4.78, 5) is 0. The molecule has 0 bridgehead atoms. The standard InChI is InChI=1S/C11H12BrF4NO/c12-9-4-7(1-2-10(9)13)3-8(17)5-18-6-11(14,15)16/h1-2,4,8H,3,5-6,17H2. The van der Waals surface area contributed by atoms with Crippen LogP contribution in [-0.4, -0.2) is 25.4 Å². The van der Waals surface area contributed by atoms with Crippen molar-refractivity contribution in [1.29, 1.82) is 0 Å². The van der Waals surface area contributed by atoms with E-state index in [2.05, 4.69) is 20.7 Å². The zero-order valence-corrected chi connectivity index (χ0v) is 10.9. The van der Waals surface area contributed by atoms with Gasteiger partial charge in [-0.05, 0) is 40.0 Å². The Morgan fingerprint density at radius 2 is 2.00 bits per heavy atom. The molecule has 0 saturated carbocycles. The van der Waals surface area contributed by atoms with Crippen molar-refractivity contribution in [2.24, 2.45) is 5.73 Å². The molecule has 7 heteroatoms. The van der Waals surface area contributed by atoms with E-state index in [0.29, 0.717) is 10.9 Å². The van der Waals surface area contributed by atoms with Crippen LogP contribution in [0.4, 0.5) is 17.6 Å². The molecule has 0 spiro atoms. The summed E-state index contributed by atoms with van der Waals surface area (Å²) < 4.78 is 53.1. The monoisotopic (exact) mass is 329 g/mol. The fraction of sp³-hybridized carbons (Fsp3) is 0.455. The molecule has 0 aliphatic carbocycles. The summed E-state index contributed by atoms with van der Waals surface area (Å²) in [6, 6.07) is 3.77. The van der Waals surface area contributed by atoms with E-state index in [1.165, 1.54) is 12.1 Å². The third-order valence-electron chi connectivity index (χ3n) is 2.08. The topological polar surface area (TPSA) is 35.2 Å². The predicted molar refractivity (Wildman–Crippen MR) is 62.7 cm³/mol. The summed E-state index contributed by atoms with van der Waals surface area (Å²) in [7, 11) is 0. The van der Waals surface area contributed by atoms with E-state index in [9.17, 15) is 17.6 Å². The van der Waals surface area contributed by atoms with Gasteiger partial charge in [0.05, 0.1) is 11.1 Å². The van der Waals surface area contributed by atoms with E-state index in [-0.39, 0.29) is 6.61 Å². The summed E-state index contributed by atoms with van der Waals surface area (Å²) >= 11 is 3.02. The molecule has 1 rings (SSSR count). The third kappa shape index (κ3) is 5.79. The van der Waals surface area contributed by atoms with Crippen LogP contribution in [0.5, 0.6) is 0 Å². The number of hydrogen-bond donors (Lipinski definition) is 1. The molecule has 2 N–H and O–H groups in total. The molecule has 1 atom stereocenters. The highest BCUT2D eigenvalue weighted by Gasteiger charge is 2.27.